The Balaban J connectivity index is 2.14. The molecule has 1 fully saturated rings. The average Bonchev–Trinajstić information content (AvgIpc) is 1.77. The van der Waals surface area contributed by atoms with Gasteiger partial charge in [0, 0.05) is 5.25 Å². The Hall–Kier alpha value is -0.510. The Morgan fingerprint density at radius 2 is 2.09 bits per heavy atom. The topological polar surface area (TPSA) is 54.4 Å². The monoisotopic (exact) mass is 174 g/mol. The van der Waals surface area contributed by atoms with Gasteiger partial charge >= 0.3 is 5.97 Å². The summed E-state index contributed by atoms with van der Waals surface area (Å²) in [4.78, 5) is 20.9. The summed E-state index contributed by atoms with van der Waals surface area (Å²) in [6.07, 6.45) is 2.98. The highest BCUT2D eigenvalue weighted by Crippen LogP contribution is 2.31. The van der Waals surface area contributed by atoms with Crippen molar-refractivity contribution in [2.75, 3.05) is 0 Å². The quantitative estimate of drug-likeness (QED) is 0.655. The molecule has 0 heterocycles. The second-order valence-electron chi connectivity index (χ2n) is 2.61. The lowest BCUT2D eigenvalue weighted by molar-refractivity contribution is -0.138. The lowest BCUT2D eigenvalue weighted by atomic mass is 10.0. The maximum atomic E-state index is 10.8. The molecule has 11 heavy (non-hydrogen) atoms. The minimum atomic E-state index is -1.03. The Bertz CT molecular complexity index is 175. The van der Waals surface area contributed by atoms with E-state index in [0.717, 1.165) is 12.8 Å². The molecule has 62 valence electrons. The van der Waals surface area contributed by atoms with Crippen LogP contribution in [-0.4, -0.2) is 21.4 Å². The maximum absolute atomic E-state index is 10.8. The molecule has 0 aromatic carbocycles. The first-order chi connectivity index (χ1) is 5.18. The van der Waals surface area contributed by atoms with Crippen molar-refractivity contribution in [1.82, 2.24) is 0 Å². The molecule has 0 radical (unpaired) electrons. The Morgan fingerprint density at radius 1 is 1.45 bits per heavy atom. The zero-order valence-electron chi connectivity index (χ0n) is 6.08. The summed E-state index contributed by atoms with van der Waals surface area (Å²) in [5.74, 6) is -1.03. The first-order valence-electron chi connectivity index (χ1n) is 3.60. The number of rotatable bonds is 3. The lowest BCUT2D eigenvalue weighted by Crippen LogP contribution is -2.16. The number of thioether (sulfide) groups is 1. The minimum Gasteiger partial charge on any atom is -0.481 e. The molecule has 1 rings (SSSR count). The summed E-state index contributed by atoms with van der Waals surface area (Å²) in [6.45, 7) is 0. The maximum Gasteiger partial charge on any atom is 0.311 e. The number of hydrogen-bond acceptors (Lipinski definition) is 3. The molecule has 0 unspecified atom stereocenters. The number of carbonyl (C=O) groups is 2. The van der Waals surface area contributed by atoms with Crippen molar-refractivity contribution in [3.05, 3.63) is 0 Å². The number of aliphatic carboxylic acids is 1. The fraction of sp³-hybridized carbons (Fsp3) is 0.714. The second-order valence-corrected chi connectivity index (χ2v) is 3.97. The second kappa shape index (κ2) is 3.76. The predicted molar refractivity (Wildman–Crippen MR) is 42.5 cm³/mol. The molecule has 1 N–H and O–H groups in total. The number of carbonyl (C=O) groups excluding carboxylic acids is 1. The number of carboxylic acids is 1. The van der Waals surface area contributed by atoms with Crippen molar-refractivity contribution in [2.45, 2.75) is 30.9 Å². The van der Waals surface area contributed by atoms with Crippen LogP contribution >= 0.6 is 11.8 Å². The normalized spacial score (nSPS) is 17.5. The zero-order valence-corrected chi connectivity index (χ0v) is 6.89. The van der Waals surface area contributed by atoms with Gasteiger partial charge in [-0.05, 0) is 12.8 Å². The van der Waals surface area contributed by atoms with Crippen LogP contribution in [0.1, 0.15) is 25.7 Å². The molecule has 0 atom stereocenters. The average molecular weight is 174 g/mol. The van der Waals surface area contributed by atoms with Crippen LogP contribution in [0.15, 0.2) is 0 Å². The van der Waals surface area contributed by atoms with Crippen LogP contribution in [0.25, 0.3) is 0 Å². The Labute approximate surface area is 69.2 Å². The van der Waals surface area contributed by atoms with Crippen LogP contribution in [0.3, 0.4) is 0 Å². The Kier molecular flexibility index (Phi) is 2.93. The van der Waals surface area contributed by atoms with Gasteiger partial charge in [-0.25, -0.2) is 0 Å². The first-order valence-corrected chi connectivity index (χ1v) is 4.47. The van der Waals surface area contributed by atoms with E-state index in [1.54, 1.807) is 0 Å². The van der Waals surface area contributed by atoms with Gasteiger partial charge in [0.1, 0.15) is 6.42 Å². The van der Waals surface area contributed by atoms with Gasteiger partial charge in [0.05, 0.1) is 0 Å². The van der Waals surface area contributed by atoms with Gasteiger partial charge < -0.3 is 5.11 Å². The summed E-state index contributed by atoms with van der Waals surface area (Å²) in [5, 5.41) is 8.45. The Morgan fingerprint density at radius 3 is 2.45 bits per heavy atom. The molecule has 1 saturated carbocycles. The van der Waals surface area contributed by atoms with Crippen LogP contribution in [0.5, 0.6) is 0 Å². The molecule has 0 amide bonds. The van der Waals surface area contributed by atoms with Crippen LogP contribution in [0.4, 0.5) is 0 Å². The van der Waals surface area contributed by atoms with Crippen molar-refractivity contribution >= 4 is 22.8 Å². The third kappa shape index (κ3) is 2.93. The van der Waals surface area contributed by atoms with Gasteiger partial charge in [-0.2, -0.15) is 0 Å². The third-order valence-corrected chi connectivity index (χ3v) is 2.86. The van der Waals surface area contributed by atoms with E-state index in [1.807, 2.05) is 0 Å². The van der Waals surface area contributed by atoms with E-state index in [4.69, 9.17) is 5.11 Å². The van der Waals surface area contributed by atoms with Crippen molar-refractivity contribution in [2.24, 2.45) is 0 Å². The van der Waals surface area contributed by atoms with Crippen molar-refractivity contribution < 1.29 is 14.7 Å². The highest BCUT2D eigenvalue weighted by atomic mass is 32.2. The molecule has 3 nitrogen and oxygen atoms in total. The lowest BCUT2D eigenvalue weighted by Gasteiger charge is -2.23. The van der Waals surface area contributed by atoms with E-state index >= 15 is 0 Å². The van der Waals surface area contributed by atoms with E-state index in [9.17, 15) is 9.59 Å². The number of hydrogen-bond donors (Lipinski definition) is 1. The van der Waals surface area contributed by atoms with Crippen molar-refractivity contribution in [3.63, 3.8) is 0 Å². The summed E-state index contributed by atoms with van der Waals surface area (Å²) in [5.41, 5.74) is 0. The van der Waals surface area contributed by atoms with E-state index in [1.165, 1.54) is 18.2 Å². The third-order valence-electron chi connectivity index (χ3n) is 1.65. The van der Waals surface area contributed by atoms with Gasteiger partial charge in [-0.1, -0.05) is 18.2 Å². The molecule has 0 bridgehead atoms. The molecular formula is C7H10O3S. The highest BCUT2D eigenvalue weighted by Gasteiger charge is 2.22. The van der Waals surface area contributed by atoms with Gasteiger partial charge in [0.2, 0.25) is 0 Å². The fourth-order valence-electron chi connectivity index (χ4n) is 0.840. The smallest absolute Gasteiger partial charge is 0.311 e. The molecule has 4 heteroatoms. The standard InChI is InChI=1S/C7H10O3S/c8-6(9)4-7(10)11-5-2-1-3-5/h5H,1-4H2,(H,8,9). The van der Waals surface area contributed by atoms with Crippen LogP contribution < -0.4 is 0 Å². The van der Waals surface area contributed by atoms with Crippen LogP contribution in [0.2, 0.25) is 0 Å². The fourth-order valence-corrected chi connectivity index (χ4v) is 1.99. The summed E-state index contributed by atoms with van der Waals surface area (Å²) >= 11 is 1.19. The van der Waals surface area contributed by atoms with Crippen molar-refractivity contribution in [1.29, 1.82) is 0 Å². The van der Waals surface area contributed by atoms with Gasteiger partial charge in [-0.15, -0.1) is 0 Å². The van der Waals surface area contributed by atoms with Crippen molar-refractivity contribution in [3.8, 4) is 0 Å². The summed E-state index contributed by atoms with van der Waals surface area (Å²) in [6, 6.07) is 0. The number of carboxylic acid groups (broad SMARTS) is 1. The van der Waals surface area contributed by atoms with Crippen LogP contribution in [-0.2, 0) is 9.59 Å². The van der Waals surface area contributed by atoms with Gasteiger partial charge in [0.15, 0.2) is 5.12 Å². The first kappa shape index (κ1) is 8.59. The molecule has 0 aliphatic heterocycles. The molecular weight excluding hydrogens is 164 g/mol. The largest absolute Gasteiger partial charge is 0.481 e. The zero-order chi connectivity index (χ0) is 8.27. The van der Waals surface area contributed by atoms with E-state index in [0.29, 0.717) is 5.25 Å². The van der Waals surface area contributed by atoms with E-state index in [-0.39, 0.29) is 11.5 Å². The van der Waals surface area contributed by atoms with Gasteiger partial charge in [-0.3, -0.25) is 9.59 Å². The molecule has 0 saturated heterocycles. The highest BCUT2D eigenvalue weighted by molar-refractivity contribution is 8.14. The molecule has 0 aromatic heterocycles. The molecule has 0 aromatic rings. The molecule has 1 aliphatic carbocycles. The van der Waals surface area contributed by atoms with Crippen LogP contribution in [0, 0.1) is 0 Å². The molecule has 1 aliphatic rings. The van der Waals surface area contributed by atoms with Gasteiger partial charge in [0.25, 0.3) is 0 Å². The van der Waals surface area contributed by atoms with E-state index in [2.05, 4.69) is 0 Å². The SMILES string of the molecule is O=C(O)CC(=O)SC1CCC1. The molecule has 0 spiro atoms. The summed E-state index contributed by atoms with van der Waals surface area (Å²) < 4.78 is 0. The van der Waals surface area contributed by atoms with E-state index < -0.39 is 5.97 Å². The summed E-state index contributed by atoms with van der Waals surface area (Å²) in [7, 11) is 0. The minimum absolute atomic E-state index is 0.206. The predicted octanol–water partition coefficient (Wildman–Crippen LogP) is 1.27.